The topological polar surface area (TPSA) is 99.9 Å². The van der Waals surface area contributed by atoms with E-state index in [2.05, 4.69) is 10.1 Å². The molecule has 2 rings (SSSR count). The van der Waals surface area contributed by atoms with Crippen LogP contribution in [0, 0.1) is 17.0 Å². The standard InChI is InChI=1S/C10H11ClN5O2P/c1-5-9(12)6(3-8(11)14-5)10-7(16(17)18)4-13-15(10)19-2/h3-4,19H,12H2,1-2H3. The number of hydrogen-bond donors (Lipinski definition) is 1. The van der Waals surface area contributed by atoms with Gasteiger partial charge in [0.15, 0.2) is 5.69 Å². The normalized spacial score (nSPS) is 11.3. The smallest absolute Gasteiger partial charge is 0.315 e. The van der Waals surface area contributed by atoms with Crippen LogP contribution in [0.5, 0.6) is 0 Å². The molecule has 0 spiro atoms. The van der Waals surface area contributed by atoms with Gasteiger partial charge in [0.2, 0.25) is 0 Å². The molecular formula is C10H11ClN5O2P. The lowest BCUT2D eigenvalue weighted by atomic mass is 10.1. The molecule has 0 saturated heterocycles. The van der Waals surface area contributed by atoms with Crippen LogP contribution in [0.3, 0.4) is 0 Å². The highest BCUT2D eigenvalue weighted by molar-refractivity contribution is 7.35. The van der Waals surface area contributed by atoms with Crippen LogP contribution in [-0.2, 0) is 0 Å². The first-order valence-corrected chi connectivity index (χ1v) is 7.11. The van der Waals surface area contributed by atoms with Gasteiger partial charge in [-0.2, -0.15) is 5.10 Å². The summed E-state index contributed by atoms with van der Waals surface area (Å²) in [4.78, 5) is 14.6. The molecule has 2 heterocycles. The molecule has 19 heavy (non-hydrogen) atoms. The second-order valence-electron chi connectivity index (χ2n) is 3.76. The first-order valence-electron chi connectivity index (χ1n) is 5.29. The molecule has 1 unspecified atom stereocenters. The van der Waals surface area contributed by atoms with Gasteiger partial charge in [0.05, 0.1) is 16.3 Å². The monoisotopic (exact) mass is 299 g/mol. The van der Waals surface area contributed by atoms with Crippen LogP contribution in [-0.4, -0.2) is 26.1 Å². The lowest BCUT2D eigenvalue weighted by Gasteiger charge is -2.09. The van der Waals surface area contributed by atoms with Crippen molar-refractivity contribution < 1.29 is 4.92 Å². The molecule has 2 N–H and O–H groups in total. The summed E-state index contributed by atoms with van der Waals surface area (Å²) in [6.45, 7) is 3.57. The molecule has 0 aliphatic carbocycles. The zero-order valence-corrected chi connectivity index (χ0v) is 12.0. The number of nitrogens with zero attached hydrogens (tertiary/aromatic N) is 4. The second-order valence-corrected chi connectivity index (χ2v) is 5.02. The van der Waals surface area contributed by atoms with E-state index in [9.17, 15) is 10.1 Å². The fraction of sp³-hybridized carbons (Fsp3) is 0.200. The Balaban J connectivity index is 2.77. The maximum absolute atomic E-state index is 11.1. The molecule has 0 amide bonds. The summed E-state index contributed by atoms with van der Waals surface area (Å²) in [6, 6.07) is 1.52. The molecule has 0 radical (unpaired) electrons. The van der Waals surface area contributed by atoms with Gasteiger partial charge >= 0.3 is 5.69 Å². The predicted molar refractivity (Wildman–Crippen MR) is 75.9 cm³/mol. The highest BCUT2D eigenvalue weighted by atomic mass is 35.5. The first-order chi connectivity index (χ1) is 8.95. The van der Waals surface area contributed by atoms with Crippen LogP contribution in [0.25, 0.3) is 11.3 Å². The van der Waals surface area contributed by atoms with Gasteiger partial charge in [0.1, 0.15) is 11.3 Å². The third-order valence-electron chi connectivity index (χ3n) is 2.63. The summed E-state index contributed by atoms with van der Waals surface area (Å²) in [5.41, 5.74) is 7.60. The number of aryl methyl sites for hydroxylation is 1. The van der Waals surface area contributed by atoms with E-state index in [1.54, 1.807) is 11.4 Å². The molecule has 0 aliphatic rings. The van der Waals surface area contributed by atoms with Crippen molar-refractivity contribution in [3.63, 3.8) is 0 Å². The maximum atomic E-state index is 11.1. The minimum atomic E-state index is -0.484. The van der Waals surface area contributed by atoms with E-state index in [0.29, 0.717) is 22.6 Å². The number of hydrogen-bond acceptors (Lipinski definition) is 5. The van der Waals surface area contributed by atoms with Gasteiger partial charge < -0.3 is 5.73 Å². The van der Waals surface area contributed by atoms with E-state index in [1.807, 2.05) is 6.66 Å². The number of rotatable bonds is 3. The van der Waals surface area contributed by atoms with E-state index in [1.165, 1.54) is 12.3 Å². The average Bonchev–Trinajstić information content (AvgIpc) is 2.77. The summed E-state index contributed by atoms with van der Waals surface area (Å²) in [6.07, 6.45) is 1.22. The van der Waals surface area contributed by atoms with E-state index in [4.69, 9.17) is 17.3 Å². The summed E-state index contributed by atoms with van der Waals surface area (Å²) in [5.74, 6) is 0. The summed E-state index contributed by atoms with van der Waals surface area (Å²) in [7, 11) is 0.240. The Hall–Kier alpha value is -1.72. The van der Waals surface area contributed by atoms with Crippen molar-refractivity contribution in [2.45, 2.75) is 6.92 Å². The lowest BCUT2D eigenvalue weighted by molar-refractivity contribution is -0.384. The van der Waals surface area contributed by atoms with Gasteiger partial charge in [-0.15, -0.1) is 0 Å². The lowest BCUT2D eigenvalue weighted by Crippen LogP contribution is -2.01. The van der Waals surface area contributed by atoms with Crippen molar-refractivity contribution in [2.24, 2.45) is 0 Å². The number of nitro groups is 1. The molecule has 0 saturated carbocycles. The van der Waals surface area contributed by atoms with E-state index >= 15 is 0 Å². The van der Waals surface area contributed by atoms with Gasteiger partial charge in [-0.05, 0) is 19.7 Å². The Labute approximate surface area is 115 Å². The largest absolute Gasteiger partial charge is 0.397 e. The molecule has 0 bridgehead atoms. The molecule has 1 atom stereocenters. The maximum Gasteiger partial charge on any atom is 0.315 e. The van der Waals surface area contributed by atoms with Gasteiger partial charge in [-0.3, -0.25) is 10.1 Å². The summed E-state index contributed by atoms with van der Waals surface area (Å²) in [5, 5.41) is 15.3. The highest BCUT2D eigenvalue weighted by Crippen LogP contribution is 2.38. The number of halogens is 1. The molecule has 100 valence electrons. The van der Waals surface area contributed by atoms with Crippen LogP contribution in [0.1, 0.15) is 5.69 Å². The van der Waals surface area contributed by atoms with E-state index in [0.717, 1.165) is 0 Å². The molecule has 0 aliphatic heterocycles. The molecule has 2 aromatic heterocycles. The Kier molecular flexibility index (Phi) is 3.68. The number of anilines is 1. The van der Waals surface area contributed by atoms with Gasteiger partial charge in [0, 0.05) is 14.3 Å². The van der Waals surface area contributed by atoms with Crippen molar-refractivity contribution in [2.75, 3.05) is 12.4 Å². The van der Waals surface area contributed by atoms with Crippen LogP contribution in [0.15, 0.2) is 12.3 Å². The Bertz CT molecular complexity index is 658. The molecule has 7 nitrogen and oxygen atoms in total. The molecule has 0 aromatic carbocycles. The van der Waals surface area contributed by atoms with Gasteiger partial charge in [-0.1, -0.05) is 11.6 Å². The van der Waals surface area contributed by atoms with Crippen LogP contribution in [0.4, 0.5) is 11.4 Å². The first kappa shape index (κ1) is 13.7. The average molecular weight is 300 g/mol. The Morgan fingerprint density at radius 3 is 2.84 bits per heavy atom. The van der Waals surface area contributed by atoms with E-state index in [-0.39, 0.29) is 19.6 Å². The van der Waals surface area contributed by atoms with Gasteiger partial charge in [0.25, 0.3) is 0 Å². The minimum Gasteiger partial charge on any atom is -0.397 e. The number of nitrogens with two attached hydrogens (primary N) is 1. The number of nitrogen functional groups attached to an aromatic ring is 1. The highest BCUT2D eigenvalue weighted by Gasteiger charge is 2.24. The van der Waals surface area contributed by atoms with Crippen molar-refractivity contribution in [1.82, 2.24) is 14.5 Å². The SMILES string of the molecule is CPn1ncc([N+](=O)[O-])c1-c1cc(Cl)nc(C)c1N. The van der Waals surface area contributed by atoms with E-state index < -0.39 is 4.92 Å². The van der Waals surface area contributed by atoms with Crippen molar-refractivity contribution in [3.8, 4) is 11.3 Å². The predicted octanol–water partition coefficient (Wildman–Crippen LogP) is 2.47. The molecular weight excluding hydrogens is 289 g/mol. The molecule has 9 heteroatoms. The van der Waals surface area contributed by atoms with Crippen LogP contribution in [0.2, 0.25) is 5.15 Å². The fourth-order valence-corrected chi connectivity index (χ4v) is 2.60. The second kappa shape index (κ2) is 5.11. The quantitative estimate of drug-likeness (QED) is 0.406. The summed E-state index contributed by atoms with van der Waals surface area (Å²) < 4.78 is 1.54. The van der Waals surface area contributed by atoms with Gasteiger partial charge in [-0.25, -0.2) is 9.44 Å². The number of pyridine rings is 1. The Morgan fingerprint density at radius 1 is 1.58 bits per heavy atom. The number of aromatic nitrogens is 3. The van der Waals surface area contributed by atoms with Crippen LogP contribution >= 0.6 is 20.3 Å². The molecule has 2 aromatic rings. The fourth-order valence-electron chi connectivity index (χ4n) is 1.74. The summed E-state index contributed by atoms with van der Waals surface area (Å²) >= 11 is 5.90. The van der Waals surface area contributed by atoms with Crippen LogP contribution < -0.4 is 5.73 Å². The van der Waals surface area contributed by atoms with Crippen molar-refractivity contribution in [3.05, 3.63) is 33.2 Å². The Morgan fingerprint density at radius 2 is 2.26 bits per heavy atom. The van der Waals surface area contributed by atoms with Crippen molar-refractivity contribution >= 4 is 31.7 Å². The van der Waals surface area contributed by atoms with Crippen molar-refractivity contribution in [1.29, 1.82) is 0 Å². The third kappa shape index (κ3) is 2.39. The zero-order chi connectivity index (χ0) is 14.2. The molecule has 0 fully saturated rings. The zero-order valence-electron chi connectivity index (χ0n) is 10.2. The third-order valence-corrected chi connectivity index (χ3v) is 3.59. The minimum absolute atomic E-state index is 0.0947.